The zero-order valence-electron chi connectivity index (χ0n) is 19.5. The van der Waals surface area contributed by atoms with Gasteiger partial charge < -0.3 is 25.6 Å². The number of nitrogens with one attached hydrogen (secondary N) is 3. The number of hydrogen-bond acceptors (Lipinski definition) is 4. The molecule has 8 nitrogen and oxygen atoms in total. The maximum Gasteiger partial charge on any atom is 0.318 e. The van der Waals surface area contributed by atoms with Crippen molar-refractivity contribution in [2.75, 3.05) is 11.9 Å². The largest absolute Gasteiger partial charge is 0.494 e. The third-order valence-electron chi connectivity index (χ3n) is 7.05. The lowest BCUT2D eigenvalue weighted by Crippen LogP contribution is -2.69. The zero-order chi connectivity index (χ0) is 23.2. The van der Waals surface area contributed by atoms with E-state index in [1.165, 1.54) is 6.42 Å². The van der Waals surface area contributed by atoms with Gasteiger partial charge in [0, 0.05) is 17.8 Å². The van der Waals surface area contributed by atoms with Gasteiger partial charge in [-0.2, -0.15) is 0 Å². The Kier molecular flexibility index (Phi) is 7.73. The maximum atomic E-state index is 13.4. The third-order valence-corrected chi connectivity index (χ3v) is 7.05. The monoisotopic (exact) mass is 456 g/mol. The molecule has 4 amide bonds. The Hall–Kier alpha value is -2.77. The highest BCUT2D eigenvalue weighted by Crippen LogP contribution is 2.30. The minimum atomic E-state index is -0.810. The number of ether oxygens (including phenoxy) is 1. The summed E-state index contributed by atoms with van der Waals surface area (Å²) in [6.07, 6.45) is 9.10. The van der Waals surface area contributed by atoms with Gasteiger partial charge in [-0.3, -0.25) is 9.59 Å². The lowest BCUT2D eigenvalue weighted by Gasteiger charge is -2.48. The number of rotatable bonds is 6. The Balaban J connectivity index is 1.46. The minimum absolute atomic E-state index is 0.0335. The molecule has 33 heavy (non-hydrogen) atoms. The molecule has 1 aromatic carbocycles. The SMILES string of the molecule is CCOc1ccc(NC(=O)C[C@@H]2C(=O)N[C@H]3CCCC[C@@H]3N2C(=O)NC2CCCCC2)cc1. The van der Waals surface area contributed by atoms with E-state index in [9.17, 15) is 14.4 Å². The molecule has 1 saturated heterocycles. The molecule has 1 aliphatic heterocycles. The molecule has 8 heteroatoms. The van der Waals surface area contributed by atoms with E-state index >= 15 is 0 Å². The topological polar surface area (TPSA) is 99.8 Å². The maximum absolute atomic E-state index is 13.4. The van der Waals surface area contributed by atoms with Gasteiger partial charge in [0.25, 0.3) is 0 Å². The summed E-state index contributed by atoms with van der Waals surface area (Å²) in [6.45, 7) is 2.49. The summed E-state index contributed by atoms with van der Waals surface area (Å²) in [4.78, 5) is 41.0. The number of nitrogens with zero attached hydrogens (tertiary/aromatic N) is 1. The first kappa shape index (κ1) is 23.4. The van der Waals surface area contributed by atoms with Crippen LogP contribution in [0.2, 0.25) is 0 Å². The summed E-state index contributed by atoms with van der Waals surface area (Å²) in [7, 11) is 0. The normalized spacial score (nSPS) is 25.5. The van der Waals surface area contributed by atoms with Crippen LogP contribution in [0.15, 0.2) is 24.3 Å². The lowest BCUT2D eigenvalue weighted by molar-refractivity contribution is -0.135. The number of carbonyl (C=O) groups is 3. The molecule has 180 valence electrons. The van der Waals surface area contributed by atoms with Crippen molar-refractivity contribution in [2.45, 2.75) is 95.3 Å². The number of urea groups is 1. The molecule has 3 aliphatic rings. The number of hydrogen-bond donors (Lipinski definition) is 3. The van der Waals surface area contributed by atoms with Crippen LogP contribution in [0, 0.1) is 0 Å². The van der Waals surface area contributed by atoms with Crippen LogP contribution in [0.5, 0.6) is 5.75 Å². The second kappa shape index (κ2) is 10.9. The average molecular weight is 457 g/mol. The van der Waals surface area contributed by atoms with E-state index < -0.39 is 6.04 Å². The second-order valence-electron chi connectivity index (χ2n) is 9.38. The van der Waals surface area contributed by atoms with Crippen LogP contribution in [0.1, 0.15) is 71.1 Å². The van der Waals surface area contributed by atoms with Crippen LogP contribution < -0.4 is 20.7 Å². The van der Waals surface area contributed by atoms with E-state index in [0.29, 0.717) is 12.3 Å². The minimum Gasteiger partial charge on any atom is -0.494 e. The third kappa shape index (κ3) is 5.78. The van der Waals surface area contributed by atoms with Crippen molar-refractivity contribution in [3.05, 3.63) is 24.3 Å². The molecule has 4 rings (SSSR count). The number of fused-ring (bicyclic) bond motifs is 1. The molecular weight excluding hydrogens is 420 g/mol. The average Bonchev–Trinajstić information content (AvgIpc) is 2.81. The number of anilines is 1. The molecule has 3 N–H and O–H groups in total. The smallest absolute Gasteiger partial charge is 0.318 e. The van der Waals surface area contributed by atoms with Gasteiger partial charge in [-0.15, -0.1) is 0 Å². The highest BCUT2D eigenvalue weighted by molar-refractivity contribution is 5.97. The molecule has 1 heterocycles. The van der Waals surface area contributed by atoms with E-state index in [2.05, 4.69) is 16.0 Å². The fraction of sp³-hybridized carbons (Fsp3) is 0.640. The first-order valence-electron chi connectivity index (χ1n) is 12.5. The predicted molar refractivity (Wildman–Crippen MR) is 126 cm³/mol. The molecule has 0 radical (unpaired) electrons. The summed E-state index contributed by atoms with van der Waals surface area (Å²) >= 11 is 0. The fourth-order valence-electron chi connectivity index (χ4n) is 5.42. The molecular formula is C25H36N4O4. The van der Waals surface area contributed by atoms with Crippen LogP contribution >= 0.6 is 0 Å². The summed E-state index contributed by atoms with van der Waals surface area (Å²) in [5, 5.41) is 9.12. The van der Waals surface area contributed by atoms with Gasteiger partial charge in [0.15, 0.2) is 0 Å². The van der Waals surface area contributed by atoms with Crippen molar-refractivity contribution in [3.63, 3.8) is 0 Å². The van der Waals surface area contributed by atoms with Crippen LogP contribution in [0.3, 0.4) is 0 Å². The standard InChI is InChI=1S/C25H36N4O4/c1-2-33-19-14-12-18(13-15-19)26-23(30)16-22-24(31)28-20-10-6-7-11-21(20)29(22)25(32)27-17-8-4-3-5-9-17/h12-15,17,20-22H,2-11,16H2,1H3,(H,26,30)(H,27,32)(H,28,31)/t20-,21-,22+/m0/s1. The first-order valence-corrected chi connectivity index (χ1v) is 12.5. The second-order valence-corrected chi connectivity index (χ2v) is 9.38. The Morgan fingerprint density at radius 3 is 2.45 bits per heavy atom. The fourth-order valence-corrected chi connectivity index (χ4v) is 5.42. The molecule has 0 unspecified atom stereocenters. The van der Waals surface area contributed by atoms with Crippen molar-refractivity contribution in [3.8, 4) is 5.75 Å². The molecule has 2 saturated carbocycles. The van der Waals surface area contributed by atoms with E-state index in [1.54, 1.807) is 29.2 Å². The van der Waals surface area contributed by atoms with Crippen molar-refractivity contribution in [1.29, 1.82) is 0 Å². The van der Waals surface area contributed by atoms with E-state index in [-0.39, 0.29) is 42.4 Å². The van der Waals surface area contributed by atoms with Gasteiger partial charge in [0.2, 0.25) is 11.8 Å². The molecule has 0 bridgehead atoms. The van der Waals surface area contributed by atoms with E-state index in [0.717, 1.165) is 57.1 Å². The van der Waals surface area contributed by atoms with Crippen molar-refractivity contribution >= 4 is 23.5 Å². The Morgan fingerprint density at radius 2 is 1.73 bits per heavy atom. The van der Waals surface area contributed by atoms with E-state index in [4.69, 9.17) is 4.74 Å². The van der Waals surface area contributed by atoms with Crippen molar-refractivity contribution in [2.24, 2.45) is 0 Å². The first-order chi connectivity index (χ1) is 16.0. The quantitative estimate of drug-likeness (QED) is 0.609. The van der Waals surface area contributed by atoms with Crippen LogP contribution in [0.25, 0.3) is 0 Å². The summed E-state index contributed by atoms with van der Waals surface area (Å²) < 4.78 is 5.44. The predicted octanol–water partition coefficient (Wildman–Crippen LogP) is 3.57. The molecule has 1 aromatic rings. The summed E-state index contributed by atoms with van der Waals surface area (Å²) in [5.41, 5.74) is 0.633. The van der Waals surface area contributed by atoms with Crippen molar-refractivity contribution in [1.82, 2.24) is 15.5 Å². The van der Waals surface area contributed by atoms with Crippen molar-refractivity contribution < 1.29 is 19.1 Å². The van der Waals surface area contributed by atoms with E-state index in [1.807, 2.05) is 6.92 Å². The summed E-state index contributed by atoms with van der Waals surface area (Å²) in [5.74, 6) is 0.207. The Bertz CT molecular complexity index is 837. The molecule has 3 atom stereocenters. The van der Waals surface area contributed by atoms with Crippen LogP contribution in [0.4, 0.5) is 10.5 Å². The van der Waals surface area contributed by atoms with Gasteiger partial charge in [0.1, 0.15) is 11.8 Å². The van der Waals surface area contributed by atoms with Gasteiger partial charge >= 0.3 is 6.03 Å². The molecule has 2 aliphatic carbocycles. The van der Waals surface area contributed by atoms with Crippen LogP contribution in [-0.2, 0) is 9.59 Å². The summed E-state index contributed by atoms with van der Waals surface area (Å²) in [6, 6.07) is 6.17. The molecule has 0 spiro atoms. The Labute approximate surface area is 195 Å². The Morgan fingerprint density at radius 1 is 1.03 bits per heavy atom. The number of benzene rings is 1. The van der Waals surface area contributed by atoms with Gasteiger partial charge in [0.05, 0.1) is 19.1 Å². The molecule has 0 aromatic heterocycles. The lowest BCUT2D eigenvalue weighted by atomic mass is 9.85. The number of carbonyl (C=O) groups excluding carboxylic acids is 3. The molecule has 3 fully saturated rings. The highest BCUT2D eigenvalue weighted by atomic mass is 16.5. The van der Waals surface area contributed by atoms with Crippen LogP contribution in [-0.4, -0.2) is 53.5 Å². The number of amides is 4. The highest BCUT2D eigenvalue weighted by Gasteiger charge is 2.46. The van der Waals surface area contributed by atoms with Gasteiger partial charge in [-0.25, -0.2) is 4.79 Å². The van der Waals surface area contributed by atoms with Gasteiger partial charge in [-0.1, -0.05) is 32.1 Å². The van der Waals surface area contributed by atoms with Gasteiger partial charge in [-0.05, 0) is 56.9 Å². The number of piperazine rings is 1. The zero-order valence-corrected chi connectivity index (χ0v) is 19.5.